The molecule has 0 saturated heterocycles. The number of hydrogen-bond donors (Lipinski definition) is 0. The first kappa shape index (κ1) is 13.2. The van der Waals surface area contributed by atoms with E-state index in [0.717, 1.165) is 17.1 Å². The van der Waals surface area contributed by atoms with Gasteiger partial charge in [0.25, 0.3) is 0 Å². The molecule has 0 heterocycles. The molecule has 2 rings (SSSR count). The Morgan fingerprint density at radius 2 is 1.79 bits per heavy atom. The van der Waals surface area contributed by atoms with Gasteiger partial charge >= 0.3 is 0 Å². The first-order chi connectivity index (χ1) is 9.36. The largest absolute Gasteiger partial charge is 0.336 e. The van der Waals surface area contributed by atoms with Crippen molar-refractivity contribution in [3.8, 4) is 0 Å². The molecular weight excluding hydrogens is 252 g/mol. The second kappa shape index (κ2) is 6.64. The molecule has 0 aliphatic rings. The second-order valence-electron chi connectivity index (χ2n) is 3.93. The Labute approximate surface area is 118 Å². The molecule has 19 heavy (non-hydrogen) atoms. The first-order valence-electron chi connectivity index (χ1n) is 5.97. The first-order valence-corrected chi connectivity index (χ1v) is 6.38. The van der Waals surface area contributed by atoms with Crippen molar-refractivity contribution >= 4 is 34.4 Å². The van der Waals surface area contributed by atoms with Gasteiger partial charge in [-0.2, -0.15) is 4.99 Å². The molecule has 0 N–H and O–H groups in total. The average molecular weight is 266 g/mol. The van der Waals surface area contributed by atoms with Crippen molar-refractivity contribution < 1.29 is 0 Å². The molecule has 0 atom stereocenters. The van der Waals surface area contributed by atoms with Crippen LogP contribution < -0.4 is 4.90 Å². The van der Waals surface area contributed by atoms with Crippen molar-refractivity contribution in [3.05, 3.63) is 67.3 Å². The van der Waals surface area contributed by atoms with Gasteiger partial charge in [0.15, 0.2) is 0 Å². The Bertz CT molecular complexity index is 601. The Balaban J connectivity index is 2.51. The highest BCUT2D eigenvalue weighted by atomic mass is 32.1. The lowest BCUT2D eigenvalue weighted by atomic mass is 10.2. The Morgan fingerprint density at radius 1 is 1.11 bits per heavy atom. The van der Waals surface area contributed by atoms with Gasteiger partial charge in [-0.25, -0.2) is 0 Å². The third kappa shape index (κ3) is 3.16. The van der Waals surface area contributed by atoms with Crippen molar-refractivity contribution in [3.63, 3.8) is 0 Å². The van der Waals surface area contributed by atoms with Crippen molar-refractivity contribution in [1.29, 1.82) is 0 Å². The summed E-state index contributed by atoms with van der Waals surface area (Å²) in [5, 5.41) is 2.43. The van der Waals surface area contributed by atoms with Gasteiger partial charge in [-0.05, 0) is 36.5 Å². The number of benzene rings is 2. The highest BCUT2D eigenvalue weighted by Gasteiger charge is 2.10. The predicted octanol–water partition coefficient (Wildman–Crippen LogP) is 4.75. The van der Waals surface area contributed by atoms with Crippen LogP contribution in [0, 0.1) is 0 Å². The third-order valence-corrected chi connectivity index (χ3v) is 2.81. The molecule has 0 aliphatic heterocycles. The molecule has 0 unspecified atom stereocenters. The molecule has 0 bridgehead atoms. The lowest BCUT2D eigenvalue weighted by molar-refractivity contribution is 1.10. The number of aliphatic imine (C=N–C) groups is 1. The van der Waals surface area contributed by atoms with E-state index in [1.165, 1.54) is 0 Å². The molecule has 0 amide bonds. The van der Waals surface area contributed by atoms with E-state index in [9.17, 15) is 0 Å². The van der Waals surface area contributed by atoms with Crippen LogP contribution in [0.15, 0.2) is 72.2 Å². The van der Waals surface area contributed by atoms with Crippen molar-refractivity contribution in [2.75, 3.05) is 11.4 Å². The molecule has 0 aliphatic carbocycles. The van der Waals surface area contributed by atoms with Crippen molar-refractivity contribution in [2.45, 2.75) is 0 Å². The van der Waals surface area contributed by atoms with Gasteiger partial charge in [-0.3, -0.25) is 0 Å². The third-order valence-electron chi connectivity index (χ3n) is 2.72. The standard InChI is InChI=1S/C16H14N2S/c1-2-12-18(14-8-4-3-5-9-14)16-11-7-6-10-15(16)17-13-19/h2-11H,1,12H2. The van der Waals surface area contributed by atoms with E-state index in [2.05, 4.69) is 33.8 Å². The van der Waals surface area contributed by atoms with Crippen LogP contribution in [0.3, 0.4) is 0 Å². The zero-order chi connectivity index (χ0) is 13.5. The summed E-state index contributed by atoms with van der Waals surface area (Å²) in [7, 11) is 0. The van der Waals surface area contributed by atoms with Crippen LogP contribution in [0.1, 0.15) is 0 Å². The van der Waals surface area contributed by atoms with Crippen LogP contribution in [0.5, 0.6) is 0 Å². The van der Waals surface area contributed by atoms with Gasteiger partial charge < -0.3 is 4.90 Å². The fourth-order valence-corrected chi connectivity index (χ4v) is 2.01. The minimum absolute atomic E-state index is 0.702. The zero-order valence-corrected chi connectivity index (χ0v) is 11.3. The van der Waals surface area contributed by atoms with E-state index < -0.39 is 0 Å². The quantitative estimate of drug-likeness (QED) is 0.441. The summed E-state index contributed by atoms with van der Waals surface area (Å²) in [4.78, 5) is 6.26. The van der Waals surface area contributed by atoms with E-state index in [1.807, 2.05) is 48.5 Å². The Hall–Kier alpha value is -2.22. The number of thiocarbonyl (C=S) groups is 1. The normalized spacial score (nSPS) is 9.47. The molecule has 94 valence electrons. The van der Waals surface area contributed by atoms with Gasteiger partial charge in [0, 0.05) is 12.2 Å². The van der Waals surface area contributed by atoms with Crippen molar-refractivity contribution in [1.82, 2.24) is 0 Å². The molecule has 0 spiro atoms. The summed E-state index contributed by atoms with van der Waals surface area (Å²) in [5.74, 6) is 0. The maximum absolute atomic E-state index is 4.71. The molecule has 0 fully saturated rings. The van der Waals surface area contributed by atoms with E-state index in [4.69, 9.17) is 12.2 Å². The topological polar surface area (TPSA) is 15.6 Å². The minimum Gasteiger partial charge on any atom is -0.336 e. The lowest BCUT2D eigenvalue weighted by Gasteiger charge is -2.24. The Kier molecular flexibility index (Phi) is 4.62. The van der Waals surface area contributed by atoms with E-state index in [0.29, 0.717) is 6.54 Å². The lowest BCUT2D eigenvalue weighted by Crippen LogP contribution is -2.16. The molecule has 2 aromatic rings. The molecule has 0 saturated carbocycles. The summed E-state index contributed by atoms with van der Waals surface area (Å²) in [6, 6.07) is 18.0. The van der Waals surface area contributed by atoms with Crippen LogP contribution in [0.2, 0.25) is 0 Å². The fourth-order valence-electron chi connectivity index (χ4n) is 1.92. The molecule has 2 aromatic carbocycles. The van der Waals surface area contributed by atoms with Gasteiger partial charge in [0.2, 0.25) is 0 Å². The monoisotopic (exact) mass is 266 g/mol. The molecule has 0 radical (unpaired) electrons. The number of rotatable bonds is 5. The smallest absolute Gasteiger partial charge is 0.0976 e. The van der Waals surface area contributed by atoms with E-state index >= 15 is 0 Å². The highest BCUT2D eigenvalue weighted by Crippen LogP contribution is 2.33. The predicted molar refractivity (Wildman–Crippen MR) is 84.8 cm³/mol. The van der Waals surface area contributed by atoms with Crippen LogP contribution >= 0.6 is 12.2 Å². The highest BCUT2D eigenvalue weighted by molar-refractivity contribution is 7.78. The SMILES string of the molecule is C=CCN(c1ccccc1)c1ccccc1N=C=S. The van der Waals surface area contributed by atoms with Crippen LogP contribution in [0.4, 0.5) is 17.1 Å². The summed E-state index contributed by atoms with van der Waals surface area (Å²) in [5.41, 5.74) is 2.89. The molecule has 2 nitrogen and oxygen atoms in total. The van der Waals surface area contributed by atoms with Gasteiger partial charge in [-0.1, -0.05) is 36.4 Å². The number of para-hydroxylation sites is 3. The van der Waals surface area contributed by atoms with Gasteiger partial charge in [-0.15, -0.1) is 6.58 Å². The van der Waals surface area contributed by atoms with Gasteiger partial charge in [0.05, 0.1) is 16.5 Å². The fraction of sp³-hybridized carbons (Fsp3) is 0.0625. The maximum atomic E-state index is 4.71. The summed E-state index contributed by atoms with van der Waals surface area (Å²) < 4.78 is 0. The number of isothiocyanates is 1. The minimum atomic E-state index is 0.702. The van der Waals surface area contributed by atoms with E-state index in [1.54, 1.807) is 0 Å². The molecule has 0 aromatic heterocycles. The maximum Gasteiger partial charge on any atom is 0.0976 e. The second-order valence-corrected chi connectivity index (χ2v) is 4.11. The molecule has 3 heteroatoms. The molecular formula is C16H14N2S. The zero-order valence-electron chi connectivity index (χ0n) is 10.5. The van der Waals surface area contributed by atoms with E-state index in [-0.39, 0.29) is 0 Å². The number of nitrogens with zero attached hydrogens (tertiary/aromatic N) is 2. The van der Waals surface area contributed by atoms with Crippen LogP contribution in [0.25, 0.3) is 0 Å². The van der Waals surface area contributed by atoms with Gasteiger partial charge in [0.1, 0.15) is 0 Å². The van der Waals surface area contributed by atoms with Crippen LogP contribution in [-0.4, -0.2) is 11.7 Å². The number of hydrogen-bond acceptors (Lipinski definition) is 3. The van der Waals surface area contributed by atoms with Crippen LogP contribution in [-0.2, 0) is 0 Å². The summed E-state index contributed by atoms with van der Waals surface area (Å²) in [6.45, 7) is 4.52. The van der Waals surface area contributed by atoms with Crippen molar-refractivity contribution in [2.24, 2.45) is 4.99 Å². The number of anilines is 2. The average Bonchev–Trinajstić information content (AvgIpc) is 2.47. The Morgan fingerprint density at radius 3 is 2.47 bits per heavy atom. The summed E-state index contributed by atoms with van der Waals surface area (Å²) in [6.07, 6.45) is 1.87. The summed E-state index contributed by atoms with van der Waals surface area (Å²) >= 11 is 4.71.